The molecule has 1 N–H and O–H groups in total. The molecule has 1 rings (SSSR count). The molecule has 0 aliphatic heterocycles. The van der Waals surface area contributed by atoms with Gasteiger partial charge in [0, 0.05) is 12.1 Å². The molecule has 1 aromatic rings. The molecule has 19 heavy (non-hydrogen) atoms. The number of hydrogen-bond donors (Lipinski definition) is 1. The van der Waals surface area contributed by atoms with E-state index in [9.17, 15) is 0 Å². The van der Waals surface area contributed by atoms with Crippen molar-refractivity contribution < 1.29 is 9.47 Å². The molecular weight excluding hydrogens is 285 g/mol. The first-order valence-electron chi connectivity index (χ1n) is 6.30. The summed E-state index contributed by atoms with van der Waals surface area (Å²) < 4.78 is 11.0. The third kappa shape index (κ3) is 7.02. The van der Waals surface area contributed by atoms with Gasteiger partial charge in [0.1, 0.15) is 17.4 Å². The second-order valence-corrected chi connectivity index (χ2v) is 5.97. The van der Waals surface area contributed by atoms with Crippen LogP contribution in [0.4, 0.5) is 0 Å². The van der Waals surface area contributed by atoms with Crippen LogP contribution in [0.1, 0.15) is 20.8 Å². The maximum atomic E-state index is 6.00. The van der Waals surface area contributed by atoms with Crippen LogP contribution in [0.5, 0.6) is 5.75 Å². The van der Waals surface area contributed by atoms with Crippen molar-refractivity contribution in [2.45, 2.75) is 26.3 Å². The molecule has 0 aliphatic rings. The van der Waals surface area contributed by atoms with Crippen molar-refractivity contribution in [2.75, 3.05) is 26.4 Å². The molecule has 0 aromatic heterocycles. The van der Waals surface area contributed by atoms with E-state index in [0.29, 0.717) is 35.6 Å². The van der Waals surface area contributed by atoms with E-state index in [0.717, 1.165) is 6.54 Å². The fraction of sp³-hybridized carbons (Fsp3) is 0.571. The van der Waals surface area contributed by atoms with Crippen LogP contribution in [0, 0.1) is 0 Å². The first kappa shape index (κ1) is 16.6. The van der Waals surface area contributed by atoms with Crippen molar-refractivity contribution in [1.82, 2.24) is 5.32 Å². The molecule has 0 unspecified atom stereocenters. The second-order valence-electron chi connectivity index (χ2n) is 5.19. The zero-order valence-corrected chi connectivity index (χ0v) is 13.1. The fourth-order valence-corrected chi connectivity index (χ4v) is 1.75. The summed E-state index contributed by atoms with van der Waals surface area (Å²) in [7, 11) is 0. The lowest BCUT2D eigenvalue weighted by molar-refractivity contribution is 0.0985. The maximum absolute atomic E-state index is 6.00. The second kappa shape index (κ2) is 7.95. The molecule has 5 heteroatoms. The summed E-state index contributed by atoms with van der Waals surface area (Å²) in [6, 6.07) is 5.32. The van der Waals surface area contributed by atoms with E-state index in [2.05, 4.69) is 26.1 Å². The molecule has 3 nitrogen and oxygen atoms in total. The normalized spacial score (nSPS) is 11.6. The zero-order valence-electron chi connectivity index (χ0n) is 11.6. The molecule has 0 aliphatic carbocycles. The predicted molar refractivity (Wildman–Crippen MR) is 80.5 cm³/mol. The molecule has 108 valence electrons. The van der Waals surface area contributed by atoms with Gasteiger partial charge in [-0.2, -0.15) is 0 Å². The summed E-state index contributed by atoms with van der Waals surface area (Å²) in [5.41, 5.74) is 0.119. The van der Waals surface area contributed by atoms with Gasteiger partial charge in [0.05, 0.1) is 18.2 Å². The van der Waals surface area contributed by atoms with Crippen LogP contribution in [0.3, 0.4) is 0 Å². The zero-order chi connectivity index (χ0) is 14.3. The minimum Gasteiger partial charge on any atom is -0.490 e. The molecule has 0 fully saturated rings. The number of benzene rings is 1. The monoisotopic (exact) mass is 305 g/mol. The summed E-state index contributed by atoms with van der Waals surface area (Å²) in [4.78, 5) is 0. The lowest BCUT2D eigenvalue weighted by Gasteiger charge is -2.20. The third-order valence-corrected chi connectivity index (χ3v) is 3.10. The van der Waals surface area contributed by atoms with Gasteiger partial charge in [-0.25, -0.2) is 0 Å². The minimum absolute atomic E-state index is 0.119. The highest BCUT2D eigenvalue weighted by atomic mass is 35.5. The lowest BCUT2D eigenvalue weighted by Crippen LogP contribution is -2.38. The number of halogens is 2. The molecule has 0 saturated carbocycles. The largest absolute Gasteiger partial charge is 0.490 e. The molecule has 0 amide bonds. The molecule has 0 atom stereocenters. The Morgan fingerprint density at radius 1 is 1.11 bits per heavy atom. The molecule has 0 saturated heterocycles. The van der Waals surface area contributed by atoms with Crippen molar-refractivity contribution >= 4 is 23.2 Å². The van der Waals surface area contributed by atoms with Crippen LogP contribution >= 0.6 is 23.2 Å². The average Bonchev–Trinajstić information content (AvgIpc) is 2.31. The highest BCUT2D eigenvalue weighted by Crippen LogP contribution is 2.31. The SMILES string of the molecule is CC(C)(C)NCCOCCOc1cccc(Cl)c1Cl. The van der Waals surface area contributed by atoms with Crippen LogP contribution in [-0.2, 0) is 4.74 Å². The minimum atomic E-state index is 0.119. The van der Waals surface area contributed by atoms with Crippen LogP contribution in [0.2, 0.25) is 10.0 Å². The molecule has 0 spiro atoms. The van der Waals surface area contributed by atoms with Crippen molar-refractivity contribution in [1.29, 1.82) is 0 Å². The van der Waals surface area contributed by atoms with Gasteiger partial charge in [0.15, 0.2) is 0 Å². The first-order chi connectivity index (χ1) is 8.90. The van der Waals surface area contributed by atoms with Crippen LogP contribution in [0.25, 0.3) is 0 Å². The molecule has 1 aromatic carbocycles. The first-order valence-corrected chi connectivity index (χ1v) is 7.05. The number of nitrogens with one attached hydrogen (secondary N) is 1. The Morgan fingerprint density at radius 3 is 2.53 bits per heavy atom. The Balaban J connectivity index is 2.13. The van der Waals surface area contributed by atoms with Gasteiger partial charge in [-0.15, -0.1) is 0 Å². The third-order valence-electron chi connectivity index (χ3n) is 2.30. The summed E-state index contributed by atoms with van der Waals surface area (Å²) in [6.45, 7) is 8.82. The molecule has 0 radical (unpaired) electrons. The Kier molecular flexibility index (Phi) is 6.94. The van der Waals surface area contributed by atoms with Gasteiger partial charge in [-0.1, -0.05) is 29.3 Å². The van der Waals surface area contributed by atoms with Gasteiger partial charge in [0.2, 0.25) is 0 Å². The summed E-state index contributed by atoms with van der Waals surface area (Å²) >= 11 is 11.9. The smallest absolute Gasteiger partial charge is 0.139 e. The van der Waals surface area contributed by atoms with Crippen molar-refractivity contribution in [3.05, 3.63) is 28.2 Å². The van der Waals surface area contributed by atoms with Gasteiger partial charge < -0.3 is 14.8 Å². The van der Waals surface area contributed by atoms with Gasteiger partial charge >= 0.3 is 0 Å². The van der Waals surface area contributed by atoms with E-state index in [1.807, 2.05) is 0 Å². The summed E-state index contributed by atoms with van der Waals surface area (Å²) in [5.74, 6) is 0.589. The van der Waals surface area contributed by atoms with E-state index in [1.165, 1.54) is 0 Å². The number of ether oxygens (including phenoxy) is 2. The van der Waals surface area contributed by atoms with Gasteiger partial charge in [-0.3, -0.25) is 0 Å². The van der Waals surface area contributed by atoms with Crippen molar-refractivity contribution in [3.63, 3.8) is 0 Å². The van der Waals surface area contributed by atoms with Crippen molar-refractivity contribution in [2.24, 2.45) is 0 Å². The fourth-order valence-electron chi connectivity index (χ4n) is 1.41. The maximum Gasteiger partial charge on any atom is 0.139 e. The Labute approximate surface area is 125 Å². The van der Waals surface area contributed by atoms with Gasteiger partial charge in [0.25, 0.3) is 0 Å². The molecule has 0 bridgehead atoms. The van der Waals surface area contributed by atoms with E-state index < -0.39 is 0 Å². The van der Waals surface area contributed by atoms with Crippen LogP contribution < -0.4 is 10.1 Å². The van der Waals surface area contributed by atoms with Crippen LogP contribution in [-0.4, -0.2) is 31.9 Å². The topological polar surface area (TPSA) is 30.5 Å². The summed E-state index contributed by atoms with van der Waals surface area (Å²) in [5, 5.41) is 4.28. The Hall–Kier alpha value is -0.480. The number of rotatable bonds is 7. The highest BCUT2D eigenvalue weighted by molar-refractivity contribution is 6.42. The summed E-state index contributed by atoms with van der Waals surface area (Å²) in [6.07, 6.45) is 0. The number of hydrogen-bond acceptors (Lipinski definition) is 3. The Morgan fingerprint density at radius 2 is 1.84 bits per heavy atom. The quantitative estimate of drug-likeness (QED) is 0.778. The van der Waals surface area contributed by atoms with Crippen molar-refractivity contribution in [3.8, 4) is 5.75 Å². The molecular formula is C14H21Cl2NO2. The van der Waals surface area contributed by atoms with E-state index in [1.54, 1.807) is 18.2 Å². The molecule has 0 heterocycles. The van der Waals surface area contributed by atoms with E-state index in [-0.39, 0.29) is 5.54 Å². The van der Waals surface area contributed by atoms with E-state index in [4.69, 9.17) is 32.7 Å². The van der Waals surface area contributed by atoms with E-state index >= 15 is 0 Å². The average molecular weight is 306 g/mol. The standard InChI is InChI=1S/C14H21Cl2NO2/c1-14(2,3)17-7-8-18-9-10-19-12-6-4-5-11(15)13(12)16/h4-6,17H,7-10H2,1-3H3. The Bertz CT molecular complexity index is 392. The highest BCUT2D eigenvalue weighted by Gasteiger charge is 2.07. The van der Waals surface area contributed by atoms with Gasteiger partial charge in [-0.05, 0) is 32.9 Å². The lowest BCUT2D eigenvalue weighted by atomic mass is 10.1. The van der Waals surface area contributed by atoms with Crippen LogP contribution in [0.15, 0.2) is 18.2 Å². The predicted octanol–water partition coefficient (Wildman–Crippen LogP) is 3.78.